The molecule has 8 heteroatoms. The van der Waals surface area contributed by atoms with Crippen molar-refractivity contribution in [3.8, 4) is 11.8 Å². The number of hydrazine groups is 1. The molecule has 0 bridgehead atoms. The van der Waals surface area contributed by atoms with E-state index in [0.29, 0.717) is 11.3 Å². The number of amides is 1. The molecule has 0 aliphatic rings. The maximum atomic E-state index is 12.2. The van der Waals surface area contributed by atoms with Crippen LogP contribution < -0.4 is 15.0 Å². The van der Waals surface area contributed by atoms with Crippen LogP contribution >= 0.6 is 0 Å². The molecule has 0 saturated carbocycles. The highest BCUT2D eigenvalue weighted by molar-refractivity contribution is 7.89. The van der Waals surface area contributed by atoms with Crippen LogP contribution in [0.2, 0.25) is 0 Å². The van der Waals surface area contributed by atoms with Gasteiger partial charge in [-0.05, 0) is 47.4 Å². The van der Waals surface area contributed by atoms with Crippen LogP contribution in [0.3, 0.4) is 0 Å². The van der Waals surface area contributed by atoms with E-state index < -0.39 is 15.9 Å². The summed E-state index contributed by atoms with van der Waals surface area (Å²) in [4.78, 5) is 13.9. The molecule has 142 valence electrons. The zero-order chi connectivity index (χ0) is 20.1. The first-order valence-corrected chi connectivity index (χ1v) is 9.64. The molecule has 7 nitrogen and oxygen atoms in total. The maximum Gasteiger partial charge on any atom is 0.272 e. The summed E-state index contributed by atoms with van der Waals surface area (Å²) in [6.45, 7) is 5.71. The van der Waals surface area contributed by atoms with E-state index in [2.05, 4.69) is 5.43 Å². The van der Waals surface area contributed by atoms with Crippen LogP contribution in [0, 0.1) is 11.3 Å². The van der Waals surface area contributed by atoms with Crippen molar-refractivity contribution >= 4 is 15.9 Å². The quantitative estimate of drug-likeness (QED) is 0.739. The van der Waals surface area contributed by atoms with Gasteiger partial charge < -0.3 is 4.74 Å². The van der Waals surface area contributed by atoms with E-state index in [9.17, 15) is 13.2 Å². The molecule has 2 N–H and O–H groups in total. The number of nitrogens with zero attached hydrogens (tertiary/aromatic N) is 1. The second-order valence-corrected chi connectivity index (χ2v) is 8.54. The Labute approximate surface area is 159 Å². The summed E-state index contributed by atoms with van der Waals surface area (Å²) in [5, 5.41) is 8.72. The largest absolute Gasteiger partial charge is 0.484 e. The average Bonchev–Trinajstić information content (AvgIpc) is 2.64. The zero-order valence-corrected chi connectivity index (χ0v) is 16.1. The maximum absolute atomic E-state index is 12.2. The van der Waals surface area contributed by atoms with Gasteiger partial charge in [0.15, 0.2) is 6.61 Å². The van der Waals surface area contributed by atoms with Gasteiger partial charge in [0.05, 0.1) is 16.5 Å². The van der Waals surface area contributed by atoms with Gasteiger partial charge in [-0.1, -0.05) is 32.9 Å². The Kier molecular flexibility index (Phi) is 6.20. The lowest BCUT2D eigenvalue weighted by molar-refractivity contribution is -0.123. The van der Waals surface area contributed by atoms with Crippen molar-refractivity contribution in [3.05, 3.63) is 59.7 Å². The summed E-state index contributed by atoms with van der Waals surface area (Å²) < 4.78 is 29.7. The topological polar surface area (TPSA) is 108 Å². The Morgan fingerprint density at radius 2 is 1.67 bits per heavy atom. The first-order valence-electron chi connectivity index (χ1n) is 8.16. The Balaban J connectivity index is 1.90. The lowest BCUT2D eigenvalue weighted by atomic mass is 9.87. The number of benzene rings is 2. The molecule has 0 heterocycles. The van der Waals surface area contributed by atoms with E-state index in [1.165, 1.54) is 12.1 Å². The van der Waals surface area contributed by atoms with E-state index in [0.717, 1.165) is 5.56 Å². The van der Waals surface area contributed by atoms with Crippen molar-refractivity contribution in [2.45, 2.75) is 31.1 Å². The van der Waals surface area contributed by atoms with Crippen molar-refractivity contribution in [1.82, 2.24) is 10.3 Å². The molecule has 0 fully saturated rings. The van der Waals surface area contributed by atoms with Crippen LogP contribution in [0.4, 0.5) is 0 Å². The molecule has 0 radical (unpaired) electrons. The molecule has 2 aromatic rings. The first-order chi connectivity index (χ1) is 12.6. The Morgan fingerprint density at radius 1 is 1.07 bits per heavy atom. The number of carbonyl (C=O) groups excluding carboxylic acids is 1. The van der Waals surface area contributed by atoms with Crippen molar-refractivity contribution in [2.24, 2.45) is 0 Å². The molecule has 0 atom stereocenters. The molecule has 0 aromatic heterocycles. The Morgan fingerprint density at radius 3 is 2.19 bits per heavy atom. The van der Waals surface area contributed by atoms with Gasteiger partial charge in [-0.3, -0.25) is 10.2 Å². The molecule has 0 aliphatic heterocycles. The van der Waals surface area contributed by atoms with Crippen LogP contribution in [0.1, 0.15) is 31.9 Å². The average molecular weight is 387 g/mol. The van der Waals surface area contributed by atoms with Gasteiger partial charge in [0.1, 0.15) is 5.75 Å². The molecule has 0 unspecified atom stereocenters. The molecule has 2 aromatic carbocycles. The van der Waals surface area contributed by atoms with Gasteiger partial charge in [-0.25, -0.2) is 8.42 Å². The first kappa shape index (κ1) is 20.4. The van der Waals surface area contributed by atoms with Crippen LogP contribution in [0.25, 0.3) is 0 Å². The Bertz CT molecular complexity index is 938. The number of sulfonamides is 1. The predicted molar refractivity (Wildman–Crippen MR) is 100 cm³/mol. The molecule has 0 saturated heterocycles. The number of rotatable bonds is 6. The van der Waals surface area contributed by atoms with E-state index in [-0.39, 0.29) is 16.9 Å². The number of ether oxygens (including phenoxy) is 1. The lowest BCUT2D eigenvalue weighted by Gasteiger charge is -2.19. The van der Waals surface area contributed by atoms with E-state index in [1.54, 1.807) is 36.4 Å². The second kappa shape index (κ2) is 8.20. The van der Waals surface area contributed by atoms with Crippen LogP contribution in [-0.2, 0) is 20.2 Å². The van der Waals surface area contributed by atoms with Crippen molar-refractivity contribution in [2.75, 3.05) is 6.61 Å². The molecular formula is C19H21N3O4S. The summed E-state index contributed by atoms with van der Waals surface area (Å²) in [6, 6.07) is 14.6. The van der Waals surface area contributed by atoms with E-state index in [4.69, 9.17) is 10.00 Å². The summed E-state index contributed by atoms with van der Waals surface area (Å²) in [7, 11) is -3.88. The zero-order valence-electron chi connectivity index (χ0n) is 15.3. The van der Waals surface area contributed by atoms with E-state index >= 15 is 0 Å². The highest BCUT2D eigenvalue weighted by atomic mass is 32.2. The number of nitriles is 1. The number of nitrogens with one attached hydrogen (secondary N) is 2. The van der Waals surface area contributed by atoms with Gasteiger partial charge in [0.2, 0.25) is 0 Å². The minimum atomic E-state index is -3.88. The van der Waals surface area contributed by atoms with Gasteiger partial charge in [0, 0.05) is 0 Å². The van der Waals surface area contributed by atoms with Crippen molar-refractivity contribution < 1.29 is 17.9 Å². The van der Waals surface area contributed by atoms with E-state index in [1.807, 2.05) is 31.7 Å². The number of hydrogen-bond donors (Lipinski definition) is 2. The SMILES string of the molecule is CC(C)(C)c1ccc(S(=O)(=O)NNC(=O)COc2ccc(C#N)cc2)cc1. The molecule has 0 spiro atoms. The highest BCUT2D eigenvalue weighted by Crippen LogP contribution is 2.23. The standard InChI is InChI=1S/C19H21N3O4S/c1-19(2,3)15-6-10-17(11-7-15)27(24,25)22-21-18(23)13-26-16-8-4-14(12-20)5-9-16/h4-11,22H,13H2,1-3H3,(H,21,23). The highest BCUT2D eigenvalue weighted by Gasteiger charge is 2.18. The number of carbonyl (C=O) groups is 1. The third-order valence-corrected chi connectivity index (χ3v) is 4.97. The third-order valence-electron chi connectivity index (χ3n) is 3.71. The van der Waals surface area contributed by atoms with Crippen molar-refractivity contribution in [1.29, 1.82) is 5.26 Å². The monoisotopic (exact) mass is 387 g/mol. The fourth-order valence-corrected chi connectivity index (χ4v) is 2.99. The summed E-state index contributed by atoms with van der Waals surface area (Å²) in [5.74, 6) is -0.265. The van der Waals surface area contributed by atoms with Gasteiger partial charge in [-0.15, -0.1) is 4.83 Å². The van der Waals surface area contributed by atoms with Crippen molar-refractivity contribution in [3.63, 3.8) is 0 Å². The minimum absolute atomic E-state index is 0.0452. The van der Waals surface area contributed by atoms with Crippen LogP contribution in [0.15, 0.2) is 53.4 Å². The second-order valence-electron chi connectivity index (χ2n) is 6.85. The summed E-state index contributed by atoms with van der Waals surface area (Å²) in [6.07, 6.45) is 0. The normalized spacial score (nSPS) is 11.5. The summed E-state index contributed by atoms with van der Waals surface area (Å²) >= 11 is 0. The molecule has 1 amide bonds. The van der Waals surface area contributed by atoms with Gasteiger partial charge >= 0.3 is 0 Å². The predicted octanol–water partition coefficient (Wildman–Crippen LogP) is 2.24. The minimum Gasteiger partial charge on any atom is -0.484 e. The number of hydrogen-bond acceptors (Lipinski definition) is 5. The van der Waals surface area contributed by atoms with Crippen LogP contribution in [0.5, 0.6) is 5.75 Å². The van der Waals surface area contributed by atoms with Gasteiger partial charge in [-0.2, -0.15) is 5.26 Å². The fourth-order valence-electron chi connectivity index (χ4n) is 2.13. The van der Waals surface area contributed by atoms with Gasteiger partial charge in [0.25, 0.3) is 15.9 Å². The smallest absolute Gasteiger partial charge is 0.272 e. The fraction of sp³-hybridized carbons (Fsp3) is 0.263. The molecule has 0 aliphatic carbocycles. The lowest BCUT2D eigenvalue weighted by Crippen LogP contribution is -2.43. The van der Waals surface area contributed by atoms with Crippen LogP contribution in [-0.4, -0.2) is 20.9 Å². The molecular weight excluding hydrogens is 366 g/mol. The Hall–Kier alpha value is -2.89. The summed E-state index contributed by atoms with van der Waals surface area (Å²) in [5.41, 5.74) is 3.48. The molecule has 2 rings (SSSR count). The third kappa shape index (κ3) is 5.81. The molecule has 27 heavy (non-hydrogen) atoms.